The van der Waals surface area contributed by atoms with Gasteiger partial charge in [-0.3, -0.25) is 0 Å². The molecule has 0 saturated carbocycles. The first kappa shape index (κ1) is 13.9. The molecule has 1 unspecified atom stereocenters. The van der Waals surface area contributed by atoms with E-state index in [4.69, 9.17) is 0 Å². The molecule has 1 nitrogen and oxygen atoms in total. The number of carbonyl (C=O) groups excluding carboxylic acids is 1. The fourth-order valence-corrected chi connectivity index (χ4v) is 1.28. The topological polar surface area (TPSA) is 17.1 Å². The van der Waals surface area contributed by atoms with Crippen molar-refractivity contribution >= 4 is 6.29 Å². The molecule has 0 aliphatic rings. The SMILES string of the molecule is CC=CC=CC=CCCCC(C=O)CC. The van der Waals surface area contributed by atoms with Crippen LogP contribution in [0.25, 0.3) is 0 Å². The van der Waals surface area contributed by atoms with Gasteiger partial charge in [0.2, 0.25) is 0 Å². The molecule has 0 amide bonds. The third-order valence-electron chi connectivity index (χ3n) is 2.32. The number of aldehydes is 1. The molecule has 0 bridgehead atoms. The van der Waals surface area contributed by atoms with Crippen LogP contribution in [0.2, 0.25) is 0 Å². The molecular formula is C14H22O. The van der Waals surface area contributed by atoms with Gasteiger partial charge < -0.3 is 4.79 Å². The Balaban J connectivity index is 3.48. The van der Waals surface area contributed by atoms with E-state index in [0.29, 0.717) is 0 Å². The van der Waals surface area contributed by atoms with Crippen LogP contribution in [-0.4, -0.2) is 6.29 Å². The summed E-state index contributed by atoms with van der Waals surface area (Å²) in [5, 5.41) is 0. The lowest BCUT2D eigenvalue weighted by atomic mass is 10.0. The van der Waals surface area contributed by atoms with Crippen molar-refractivity contribution in [1.29, 1.82) is 0 Å². The standard InChI is InChI=1S/C14H22O/c1-3-5-6-7-8-9-10-11-12-14(4-2)13-15/h3,5-9,13-14H,4,10-12H2,1-2H3. The summed E-state index contributed by atoms with van der Waals surface area (Å²) < 4.78 is 0. The van der Waals surface area contributed by atoms with Crippen LogP contribution in [0.5, 0.6) is 0 Å². The predicted molar refractivity (Wildman–Crippen MR) is 66.8 cm³/mol. The lowest BCUT2D eigenvalue weighted by molar-refractivity contribution is -0.111. The first-order valence-electron chi connectivity index (χ1n) is 5.74. The summed E-state index contributed by atoms with van der Waals surface area (Å²) in [7, 11) is 0. The summed E-state index contributed by atoms with van der Waals surface area (Å²) >= 11 is 0. The highest BCUT2D eigenvalue weighted by molar-refractivity contribution is 5.53. The second-order valence-corrected chi connectivity index (χ2v) is 3.57. The fraction of sp³-hybridized carbons (Fsp3) is 0.500. The molecule has 0 spiro atoms. The van der Waals surface area contributed by atoms with Crippen molar-refractivity contribution in [3.05, 3.63) is 36.5 Å². The Kier molecular flexibility index (Phi) is 10.2. The van der Waals surface area contributed by atoms with Gasteiger partial charge in [-0.05, 0) is 32.6 Å². The molecule has 84 valence electrons. The zero-order valence-corrected chi connectivity index (χ0v) is 9.86. The summed E-state index contributed by atoms with van der Waals surface area (Å²) in [5.74, 6) is 0.261. The number of unbranched alkanes of at least 4 members (excludes halogenated alkanes) is 1. The fourth-order valence-electron chi connectivity index (χ4n) is 1.28. The van der Waals surface area contributed by atoms with Gasteiger partial charge in [-0.15, -0.1) is 0 Å². The highest BCUT2D eigenvalue weighted by atomic mass is 16.1. The molecule has 0 fully saturated rings. The first-order chi connectivity index (χ1) is 7.35. The van der Waals surface area contributed by atoms with Crippen LogP contribution >= 0.6 is 0 Å². The second-order valence-electron chi connectivity index (χ2n) is 3.57. The van der Waals surface area contributed by atoms with Gasteiger partial charge >= 0.3 is 0 Å². The van der Waals surface area contributed by atoms with Crippen LogP contribution in [0, 0.1) is 5.92 Å². The van der Waals surface area contributed by atoms with Crippen LogP contribution in [0.15, 0.2) is 36.5 Å². The molecule has 15 heavy (non-hydrogen) atoms. The van der Waals surface area contributed by atoms with E-state index in [9.17, 15) is 4.79 Å². The molecule has 0 rings (SSSR count). The lowest BCUT2D eigenvalue weighted by Gasteiger charge is -2.03. The van der Waals surface area contributed by atoms with Crippen LogP contribution in [-0.2, 0) is 4.79 Å². The van der Waals surface area contributed by atoms with Crippen molar-refractivity contribution < 1.29 is 4.79 Å². The van der Waals surface area contributed by atoms with Gasteiger partial charge in [-0.2, -0.15) is 0 Å². The van der Waals surface area contributed by atoms with Gasteiger partial charge in [0.15, 0.2) is 0 Å². The Morgan fingerprint density at radius 1 is 1.13 bits per heavy atom. The van der Waals surface area contributed by atoms with Crippen molar-refractivity contribution in [3.63, 3.8) is 0 Å². The van der Waals surface area contributed by atoms with Crippen LogP contribution in [0.1, 0.15) is 39.5 Å². The van der Waals surface area contributed by atoms with Gasteiger partial charge in [-0.25, -0.2) is 0 Å². The highest BCUT2D eigenvalue weighted by Crippen LogP contribution is 2.09. The van der Waals surface area contributed by atoms with Crippen molar-refractivity contribution in [2.75, 3.05) is 0 Å². The molecule has 0 N–H and O–H groups in total. The molecule has 0 aromatic carbocycles. The maximum atomic E-state index is 10.5. The summed E-state index contributed by atoms with van der Waals surface area (Å²) in [5.41, 5.74) is 0. The number of allylic oxidation sites excluding steroid dienone is 6. The van der Waals surface area contributed by atoms with Gasteiger partial charge in [0.1, 0.15) is 6.29 Å². The molecule has 0 aromatic heterocycles. The Morgan fingerprint density at radius 2 is 1.87 bits per heavy atom. The first-order valence-corrected chi connectivity index (χ1v) is 5.74. The van der Waals surface area contributed by atoms with Crippen LogP contribution in [0.4, 0.5) is 0 Å². The predicted octanol–water partition coefficient (Wildman–Crippen LogP) is 4.07. The minimum atomic E-state index is 0.261. The van der Waals surface area contributed by atoms with Crippen molar-refractivity contribution in [2.24, 2.45) is 5.92 Å². The average molecular weight is 206 g/mol. The van der Waals surface area contributed by atoms with Gasteiger partial charge in [0.05, 0.1) is 0 Å². The zero-order chi connectivity index (χ0) is 11.4. The van der Waals surface area contributed by atoms with E-state index in [1.165, 1.54) is 0 Å². The molecule has 0 aliphatic heterocycles. The Bertz CT molecular complexity index is 223. The van der Waals surface area contributed by atoms with Crippen LogP contribution in [0.3, 0.4) is 0 Å². The van der Waals surface area contributed by atoms with Crippen molar-refractivity contribution in [1.82, 2.24) is 0 Å². The number of carbonyl (C=O) groups is 1. The van der Waals surface area contributed by atoms with Gasteiger partial charge in [0.25, 0.3) is 0 Å². The quantitative estimate of drug-likeness (QED) is 0.332. The lowest BCUT2D eigenvalue weighted by Crippen LogP contribution is -1.98. The molecular weight excluding hydrogens is 184 g/mol. The van der Waals surface area contributed by atoms with Crippen molar-refractivity contribution in [3.8, 4) is 0 Å². The maximum absolute atomic E-state index is 10.5. The van der Waals surface area contributed by atoms with Crippen LogP contribution < -0.4 is 0 Å². The molecule has 1 heteroatoms. The van der Waals surface area contributed by atoms with E-state index in [0.717, 1.165) is 32.0 Å². The summed E-state index contributed by atoms with van der Waals surface area (Å²) in [6.07, 6.45) is 17.5. The smallest absolute Gasteiger partial charge is 0.123 e. The molecule has 0 aromatic rings. The minimum absolute atomic E-state index is 0.261. The molecule has 1 atom stereocenters. The van der Waals surface area contributed by atoms with Gasteiger partial charge in [-0.1, -0.05) is 43.4 Å². The zero-order valence-electron chi connectivity index (χ0n) is 9.86. The summed E-state index contributed by atoms with van der Waals surface area (Å²) in [6, 6.07) is 0. The van der Waals surface area contributed by atoms with E-state index in [1.54, 1.807) is 0 Å². The van der Waals surface area contributed by atoms with Gasteiger partial charge in [0, 0.05) is 5.92 Å². The van der Waals surface area contributed by atoms with E-state index < -0.39 is 0 Å². The number of rotatable bonds is 8. The monoisotopic (exact) mass is 206 g/mol. The molecule has 0 heterocycles. The largest absolute Gasteiger partial charge is 0.303 e. The van der Waals surface area contributed by atoms with E-state index >= 15 is 0 Å². The third kappa shape index (κ3) is 9.20. The normalized spacial score (nSPS) is 14.3. The van der Waals surface area contributed by atoms with Crippen molar-refractivity contribution in [2.45, 2.75) is 39.5 Å². The van der Waals surface area contributed by atoms with E-state index in [1.807, 2.05) is 31.2 Å². The second kappa shape index (κ2) is 11.0. The summed E-state index contributed by atoms with van der Waals surface area (Å²) in [4.78, 5) is 10.5. The Hall–Kier alpha value is -1.11. The number of hydrogen-bond acceptors (Lipinski definition) is 1. The number of hydrogen-bond donors (Lipinski definition) is 0. The minimum Gasteiger partial charge on any atom is -0.303 e. The molecule has 0 radical (unpaired) electrons. The molecule has 0 aliphatic carbocycles. The Morgan fingerprint density at radius 3 is 2.47 bits per heavy atom. The van der Waals surface area contributed by atoms with E-state index in [-0.39, 0.29) is 5.92 Å². The maximum Gasteiger partial charge on any atom is 0.123 e. The van der Waals surface area contributed by atoms with E-state index in [2.05, 4.69) is 19.1 Å². The Labute approximate surface area is 93.6 Å². The summed E-state index contributed by atoms with van der Waals surface area (Å²) in [6.45, 7) is 4.06. The molecule has 0 saturated heterocycles. The average Bonchev–Trinajstić information content (AvgIpc) is 2.27. The third-order valence-corrected chi connectivity index (χ3v) is 2.32. The highest BCUT2D eigenvalue weighted by Gasteiger charge is 2.01.